The Hall–Kier alpha value is -2.75. The van der Waals surface area contributed by atoms with Crippen LogP contribution in [0.4, 0.5) is 0 Å². The number of hydrogen-bond acceptors (Lipinski definition) is 6. The average molecular weight is 531 g/mol. The van der Waals surface area contributed by atoms with Gasteiger partial charge in [-0.1, -0.05) is 34.1 Å². The van der Waals surface area contributed by atoms with Crippen molar-refractivity contribution in [2.75, 3.05) is 40.0 Å². The van der Waals surface area contributed by atoms with Crippen molar-refractivity contribution in [2.45, 2.75) is 25.3 Å². The SMILES string of the molecule is COc1ccc(Br)cc1/C=N/NC(=O)[C@H](CCCCNC(=O)c1ccccc1)N1CCOCC1. The normalized spacial score (nSPS) is 15.1. The Balaban J connectivity index is 1.51. The highest BCUT2D eigenvalue weighted by molar-refractivity contribution is 9.10. The third-order valence-corrected chi connectivity index (χ3v) is 6.08. The number of halogens is 1. The van der Waals surface area contributed by atoms with Gasteiger partial charge in [0.05, 0.1) is 32.6 Å². The van der Waals surface area contributed by atoms with Gasteiger partial charge in [0, 0.05) is 35.2 Å². The molecule has 0 saturated carbocycles. The zero-order chi connectivity index (χ0) is 24.2. The average Bonchev–Trinajstić information content (AvgIpc) is 2.87. The molecular weight excluding hydrogens is 500 g/mol. The highest BCUT2D eigenvalue weighted by Gasteiger charge is 2.27. The number of rotatable bonds is 11. The van der Waals surface area contributed by atoms with Crippen LogP contribution in [0.2, 0.25) is 0 Å². The Kier molecular flexibility index (Phi) is 10.5. The van der Waals surface area contributed by atoms with Gasteiger partial charge in [0.15, 0.2) is 0 Å². The molecule has 2 aromatic carbocycles. The lowest BCUT2D eigenvalue weighted by Gasteiger charge is -2.33. The lowest BCUT2D eigenvalue weighted by atomic mass is 10.1. The van der Waals surface area contributed by atoms with E-state index in [1.54, 1.807) is 25.5 Å². The van der Waals surface area contributed by atoms with Crippen LogP contribution in [0, 0.1) is 0 Å². The Morgan fingerprint density at radius 2 is 1.94 bits per heavy atom. The van der Waals surface area contributed by atoms with Gasteiger partial charge in [-0.2, -0.15) is 5.10 Å². The Morgan fingerprint density at radius 3 is 2.68 bits per heavy atom. The molecule has 34 heavy (non-hydrogen) atoms. The molecule has 2 aromatic rings. The fourth-order valence-corrected chi connectivity index (χ4v) is 4.15. The van der Waals surface area contributed by atoms with E-state index in [1.165, 1.54) is 0 Å². The van der Waals surface area contributed by atoms with E-state index in [2.05, 4.69) is 36.7 Å². The molecule has 0 spiro atoms. The molecule has 9 heteroatoms. The molecule has 0 aliphatic carbocycles. The second kappa shape index (κ2) is 13.8. The van der Waals surface area contributed by atoms with E-state index in [0.29, 0.717) is 50.6 Å². The number of hydrogen-bond donors (Lipinski definition) is 2. The summed E-state index contributed by atoms with van der Waals surface area (Å²) in [4.78, 5) is 27.3. The van der Waals surface area contributed by atoms with Crippen LogP contribution in [0.25, 0.3) is 0 Å². The Labute approximate surface area is 208 Å². The van der Waals surface area contributed by atoms with Gasteiger partial charge in [-0.25, -0.2) is 5.43 Å². The molecule has 3 rings (SSSR count). The number of morpholine rings is 1. The minimum atomic E-state index is -0.310. The van der Waals surface area contributed by atoms with E-state index in [4.69, 9.17) is 9.47 Å². The quantitative estimate of drug-likeness (QED) is 0.264. The maximum absolute atomic E-state index is 13.0. The molecule has 1 heterocycles. The van der Waals surface area contributed by atoms with Crippen molar-refractivity contribution in [1.29, 1.82) is 0 Å². The van der Waals surface area contributed by atoms with Crippen molar-refractivity contribution in [3.63, 3.8) is 0 Å². The topological polar surface area (TPSA) is 92.3 Å². The zero-order valence-corrected chi connectivity index (χ0v) is 20.9. The second-order valence-corrected chi connectivity index (χ2v) is 8.82. The lowest BCUT2D eigenvalue weighted by Crippen LogP contribution is -2.50. The fourth-order valence-electron chi connectivity index (χ4n) is 3.77. The van der Waals surface area contributed by atoms with E-state index >= 15 is 0 Å². The molecule has 182 valence electrons. The third kappa shape index (κ3) is 7.93. The summed E-state index contributed by atoms with van der Waals surface area (Å²) in [6.07, 6.45) is 3.83. The summed E-state index contributed by atoms with van der Waals surface area (Å²) < 4.78 is 11.7. The zero-order valence-electron chi connectivity index (χ0n) is 19.3. The number of carbonyl (C=O) groups excluding carboxylic acids is 2. The molecule has 1 atom stereocenters. The first-order valence-corrected chi connectivity index (χ1v) is 12.2. The number of benzene rings is 2. The van der Waals surface area contributed by atoms with Gasteiger partial charge in [0.25, 0.3) is 11.8 Å². The maximum atomic E-state index is 13.0. The monoisotopic (exact) mass is 530 g/mol. The first-order chi connectivity index (χ1) is 16.6. The van der Waals surface area contributed by atoms with Gasteiger partial charge < -0.3 is 14.8 Å². The van der Waals surface area contributed by atoms with Crippen molar-refractivity contribution < 1.29 is 19.1 Å². The van der Waals surface area contributed by atoms with Gasteiger partial charge in [0.2, 0.25) is 0 Å². The summed E-state index contributed by atoms with van der Waals surface area (Å²) in [5.41, 5.74) is 4.09. The van der Waals surface area contributed by atoms with Gasteiger partial charge >= 0.3 is 0 Å². The number of ether oxygens (including phenoxy) is 2. The molecule has 0 radical (unpaired) electrons. The lowest BCUT2D eigenvalue weighted by molar-refractivity contribution is -0.128. The summed E-state index contributed by atoms with van der Waals surface area (Å²) in [6.45, 7) is 3.18. The van der Waals surface area contributed by atoms with Crippen LogP contribution in [-0.2, 0) is 9.53 Å². The van der Waals surface area contributed by atoms with Gasteiger partial charge in [-0.3, -0.25) is 14.5 Å². The van der Waals surface area contributed by atoms with Crippen LogP contribution < -0.4 is 15.5 Å². The molecule has 1 aliphatic heterocycles. The predicted octanol–water partition coefficient (Wildman–Crippen LogP) is 3.21. The van der Waals surface area contributed by atoms with Crippen LogP contribution in [0.3, 0.4) is 0 Å². The van der Waals surface area contributed by atoms with E-state index in [9.17, 15) is 9.59 Å². The molecule has 2 N–H and O–H groups in total. The van der Waals surface area contributed by atoms with Crippen molar-refractivity contribution in [3.05, 3.63) is 64.1 Å². The number of hydrazone groups is 1. The number of amides is 2. The number of unbranched alkanes of at least 4 members (excludes halogenated alkanes) is 1. The Bertz CT molecular complexity index is 965. The van der Waals surface area contributed by atoms with Gasteiger partial charge in [-0.15, -0.1) is 0 Å². The molecule has 0 bridgehead atoms. The van der Waals surface area contributed by atoms with Crippen molar-refractivity contribution in [3.8, 4) is 5.75 Å². The first-order valence-electron chi connectivity index (χ1n) is 11.4. The van der Waals surface area contributed by atoms with Crippen LogP contribution in [0.5, 0.6) is 5.75 Å². The maximum Gasteiger partial charge on any atom is 0.257 e. The van der Waals surface area contributed by atoms with E-state index in [1.807, 2.05) is 36.4 Å². The fraction of sp³-hybridized carbons (Fsp3) is 0.400. The summed E-state index contributed by atoms with van der Waals surface area (Å²) in [6, 6.07) is 14.4. The molecule has 0 aromatic heterocycles. The smallest absolute Gasteiger partial charge is 0.257 e. The van der Waals surface area contributed by atoms with Crippen LogP contribution in [0.1, 0.15) is 35.2 Å². The van der Waals surface area contributed by atoms with Crippen molar-refractivity contribution in [1.82, 2.24) is 15.6 Å². The summed E-state index contributed by atoms with van der Waals surface area (Å²) in [5.74, 6) is 0.435. The predicted molar refractivity (Wildman–Crippen MR) is 135 cm³/mol. The van der Waals surface area contributed by atoms with Crippen molar-refractivity contribution in [2.24, 2.45) is 5.10 Å². The largest absolute Gasteiger partial charge is 0.496 e. The minimum Gasteiger partial charge on any atom is -0.496 e. The second-order valence-electron chi connectivity index (χ2n) is 7.90. The van der Waals surface area contributed by atoms with Gasteiger partial charge in [0.1, 0.15) is 5.75 Å². The number of methoxy groups -OCH3 is 1. The standard InChI is InChI=1S/C25H31BrN4O4/c1-33-23-11-10-21(26)17-20(23)18-28-29-25(32)22(30-13-15-34-16-14-30)9-5-6-12-27-24(31)19-7-3-2-4-8-19/h2-4,7-8,10-11,17-18,22H,5-6,9,12-16H2,1H3,(H,27,31)(H,29,32)/b28-18+/t22-/m0/s1. The number of carbonyl (C=O) groups is 2. The first kappa shape index (κ1) is 25.9. The molecule has 1 fully saturated rings. The number of nitrogens with zero attached hydrogens (tertiary/aromatic N) is 2. The summed E-state index contributed by atoms with van der Waals surface area (Å²) in [7, 11) is 1.59. The van der Waals surface area contributed by atoms with E-state index in [-0.39, 0.29) is 17.9 Å². The minimum absolute atomic E-state index is 0.0830. The van der Waals surface area contributed by atoms with Crippen LogP contribution in [0.15, 0.2) is 58.1 Å². The van der Waals surface area contributed by atoms with Gasteiger partial charge in [-0.05, 0) is 49.6 Å². The molecule has 0 unspecified atom stereocenters. The summed E-state index contributed by atoms with van der Waals surface area (Å²) in [5, 5.41) is 7.10. The molecule has 2 amide bonds. The van der Waals surface area contributed by atoms with E-state index in [0.717, 1.165) is 22.9 Å². The highest BCUT2D eigenvalue weighted by Crippen LogP contribution is 2.21. The Morgan fingerprint density at radius 1 is 1.18 bits per heavy atom. The molecular formula is C25H31BrN4O4. The molecule has 8 nitrogen and oxygen atoms in total. The van der Waals surface area contributed by atoms with Crippen LogP contribution in [-0.4, -0.2) is 68.9 Å². The number of nitrogens with one attached hydrogen (secondary N) is 2. The molecule has 1 aliphatic rings. The highest BCUT2D eigenvalue weighted by atomic mass is 79.9. The van der Waals surface area contributed by atoms with Crippen molar-refractivity contribution >= 4 is 34.0 Å². The summed E-state index contributed by atoms with van der Waals surface area (Å²) >= 11 is 3.44. The third-order valence-electron chi connectivity index (χ3n) is 5.59. The van der Waals surface area contributed by atoms with Crippen LogP contribution >= 0.6 is 15.9 Å². The molecule has 1 saturated heterocycles. The van der Waals surface area contributed by atoms with E-state index < -0.39 is 0 Å².